The number of rotatable bonds is 4. The molecule has 0 bridgehead atoms. The number of alkyl halides is 3. The monoisotopic (exact) mass is 218 g/mol. The van der Waals surface area contributed by atoms with E-state index in [2.05, 4.69) is 0 Å². The fourth-order valence-corrected chi connectivity index (χ4v) is 1.12. The lowest BCUT2D eigenvalue weighted by Crippen LogP contribution is -2.04. The van der Waals surface area contributed by atoms with Crippen molar-refractivity contribution in [2.24, 2.45) is 0 Å². The molecule has 1 aromatic rings. The van der Waals surface area contributed by atoms with E-state index in [9.17, 15) is 13.2 Å². The molecule has 1 rings (SSSR count). The van der Waals surface area contributed by atoms with Crippen LogP contribution in [0.25, 0.3) is 0 Å². The summed E-state index contributed by atoms with van der Waals surface area (Å²) in [5, 5.41) is 0. The lowest BCUT2D eigenvalue weighted by molar-refractivity contribution is -0.137. The summed E-state index contributed by atoms with van der Waals surface area (Å²) in [6, 6.07) is 5.03. The molecule has 0 atom stereocenters. The molecule has 0 aliphatic rings. The molecule has 0 saturated heterocycles. The van der Waals surface area contributed by atoms with Crippen LogP contribution >= 0.6 is 0 Å². The van der Waals surface area contributed by atoms with Gasteiger partial charge in [-0.15, -0.1) is 0 Å². The first-order valence-corrected chi connectivity index (χ1v) is 4.78. The Bertz CT molecular complexity index is 290. The highest BCUT2D eigenvalue weighted by Crippen LogP contribution is 2.29. The maximum absolute atomic E-state index is 12.2. The molecule has 0 aliphatic carbocycles. The van der Waals surface area contributed by atoms with E-state index in [4.69, 9.17) is 4.74 Å². The van der Waals surface area contributed by atoms with Crippen LogP contribution in [0, 0.1) is 0 Å². The Labute approximate surface area is 86.9 Å². The number of benzene rings is 1. The first-order valence-electron chi connectivity index (χ1n) is 4.78. The quantitative estimate of drug-likeness (QED) is 0.701. The Morgan fingerprint density at radius 2 is 1.73 bits per heavy atom. The Morgan fingerprint density at radius 3 is 2.20 bits per heavy atom. The summed E-state index contributed by atoms with van der Waals surface area (Å²) in [6.45, 7) is 2.97. The van der Waals surface area contributed by atoms with Gasteiger partial charge in [-0.1, -0.05) is 19.1 Å². The highest BCUT2D eigenvalue weighted by molar-refractivity contribution is 5.24. The highest BCUT2D eigenvalue weighted by Gasteiger charge is 2.29. The zero-order valence-corrected chi connectivity index (χ0v) is 8.47. The van der Waals surface area contributed by atoms with Crippen LogP contribution in [0.4, 0.5) is 13.2 Å². The van der Waals surface area contributed by atoms with Crippen LogP contribution in [-0.4, -0.2) is 6.61 Å². The second-order valence-electron chi connectivity index (χ2n) is 3.25. The molecule has 0 spiro atoms. The topological polar surface area (TPSA) is 9.23 Å². The first kappa shape index (κ1) is 12.0. The minimum atomic E-state index is -4.26. The maximum atomic E-state index is 12.2. The van der Waals surface area contributed by atoms with Gasteiger partial charge in [-0.2, -0.15) is 13.2 Å². The fourth-order valence-electron chi connectivity index (χ4n) is 1.12. The third-order valence-corrected chi connectivity index (χ3v) is 1.90. The molecular formula is C11H13F3O. The molecule has 0 fully saturated rings. The standard InChI is InChI=1S/C11H13F3O/c1-2-7-15-8-9-3-5-10(6-4-9)11(12,13)14/h3-6H,2,7-8H2,1H3. The van der Waals surface area contributed by atoms with Crippen LogP contribution < -0.4 is 0 Å². The van der Waals surface area contributed by atoms with Crippen LogP contribution in [-0.2, 0) is 17.5 Å². The van der Waals surface area contributed by atoms with Crippen LogP contribution in [0.1, 0.15) is 24.5 Å². The number of ether oxygens (including phenoxy) is 1. The average molecular weight is 218 g/mol. The molecule has 84 valence electrons. The SMILES string of the molecule is CCCOCc1ccc(C(F)(F)F)cc1. The van der Waals surface area contributed by atoms with Crippen LogP contribution in [0.5, 0.6) is 0 Å². The molecule has 4 heteroatoms. The molecule has 1 nitrogen and oxygen atoms in total. The van der Waals surface area contributed by atoms with Crippen molar-refractivity contribution < 1.29 is 17.9 Å². The zero-order chi connectivity index (χ0) is 11.3. The second kappa shape index (κ2) is 5.16. The molecule has 1 aromatic carbocycles. The number of hydrogen-bond donors (Lipinski definition) is 0. The van der Waals surface area contributed by atoms with E-state index >= 15 is 0 Å². The molecule has 0 N–H and O–H groups in total. The summed E-state index contributed by atoms with van der Waals surface area (Å²) in [5.41, 5.74) is 0.137. The first-order chi connectivity index (χ1) is 7.04. The largest absolute Gasteiger partial charge is 0.416 e. The lowest BCUT2D eigenvalue weighted by Gasteiger charge is -2.07. The summed E-state index contributed by atoms with van der Waals surface area (Å²) in [4.78, 5) is 0. The molecule has 15 heavy (non-hydrogen) atoms. The molecule has 0 saturated carbocycles. The lowest BCUT2D eigenvalue weighted by atomic mass is 10.1. The van der Waals surface area contributed by atoms with Gasteiger partial charge in [0.25, 0.3) is 0 Å². The van der Waals surface area contributed by atoms with Crippen molar-refractivity contribution in [2.45, 2.75) is 26.1 Å². The average Bonchev–Trinajstić information content (AvgIpc) is 2.18. The van der Waals surface area contributed by atoms with Gasteiger partial charge in [-0.25, -0.2) is 0 Å². The molecule has 0 aliphatic heterocycles. The van der Waals surface area contributed by atoms with E-state index < -0.39 is 11.7 Å². The van der Waals surface area contributed by atoms with Gasteiger partial charge in [0.05, 0.1) is 12.2 Å². The Hall–Kier alpha value is -1.03. The summed E-state index contributed by atoms with van der Waals surface area (Å²) in [5.74, 6) is 0. The zero-order valence-electron chi connectivity index (χ0n) is 8.47. The fraction of sp³-hybridized carbons (Fsp3) is 0.455. The molecule has 0 unspecified atom stereocenters. The van der Waals surface area contributed by atoms with Gasteiger partial charge in [0, 0.05) is 6.61 Å². The van der Waals surface area contributed by atoms with E-state index in [1.165, 1.54) is 12.1 Å². The van der Waals surface area contributed by atoms with Crippen molar-refractivity contribution in [1.82, 2.24) is 0 Å². The van der Waals surface area contributed by atoms with Crippen molar-refractivity contribution in [3.8, 4) is 0 Å². The van der Waals surface area contributed by atoms with Gasteiger partial charge in [-0.05, 0) is 24.1 Å². The van der Waals surface area contributed by atoms with Crippen LogP contribution in [0.15, 0.2) is 24.3 Å². The summed E-state index contributed by atoms with van der Waals surface area (Å²) in [7, 11) is 0. The number of halogens is 3. The molecule has 0 radical (unpaired) electrons. The summed E-state index contributed by atoms with van der Waals surface area (Å²) >= 11 is 0. The van der Waals surface area contributed by atoms with Gasteiger partial charge in [-0.3, -0.25) is 0 Å². The van der Waals surface area contributed by atoms with Crippen molar-refractivity contribution in [1.29, 1.82) is 0 Å². The Morgan fingerprint density at radius 1 is 1.13 bits per heavy atom. The smallest absolute Gasteiger partial charge is 0.377 e. The van der Waals surface area contributed by atoms with Crippen molar-refractivity contribution in [3.63, 3.8) is 0 Å². The van der Waals surface area contributed by atoms with E-state index in [1.54, 1.807) is 0 Å². The second-order valence-corrected chi connectivity index (χ2v) is 3.25. The third-order valence-electron chi connectivity index (χ3n) is 1.90. The van der Waals surface area contributed by atoms with Gasteiger partial charge >= 0.3 is 6.18 Å². The minimum Gasteiger partial charge on any atom is -0.377 e. The van der Waals surface area contributed by atoms with Gasteiger partial charge in [0.1, 0.15) is 0 Å². The normalized spacial score (nSPS) is 11.7. The van der Waals surface area contributed by atoms with E-state index in [-0.39, 0.29) is 0 Å². The Balaban J connectivity index is 2.57. The van der Waals surface area contributed by atoms with Crippen molar-refractivity contribution in [2.75, 3.05) is 6.61 Å². The molecule has 0 amide bonds. The Kier molecular flexibility index (Phi) is 4.15. The third kappa shape index (κ3) is 3.91. The molecule has 0 aromatic heterocycles. The summed E-state index contributed by atoms with van der Waals surface area (Å²) in [6.07, 6.45) is -3.36. The van der Waals surface area contributed by atoms with Gasteiger partial charge in [0.15, 0.2) is 0 Å². The minimum absolute atomic E-state index is 0.367. The molecule has 0 heterocycles. The molecular weight excluding hydrogens is 205 g/mol. The van der Waals surface area contributed by atoms with E-state index in [0.29, 0.717) is 13.2 Å². The maximum Gasteiger partial charge on any atom is 0.416 e. The highest BCUT2D eigenvalue weighted by atomic mass is 19.4. The predicted molar refractivity (Wildman–Crippen MR) is 51.4 cm³/mol. The van der Waals surface area contributed by atoms with Crippen LogP contribution in [0.2, 0.25) is 0 Å². The summed E-state index contributed by atoms with van der Waals surface area (Å²) < 4.78 is 41.8. The number of hydrogen-bond acceptors (Lipinski definition) is 1. The van der Waals surface area contributed by atoms with Crippen LogP contribution in [0.3, 0.4) is 0 Å². The predicted octanol–water partition coefficient (Wildman–Crippen LogP) is 3.63. The van der Waals surface area contributed by atoms with Gasteiger partial charge < -0.3 is 4.74 Å². The van der Waals surface area contributed by atoms with E-state index in [0.717, 1.165) is 24.1 Å². The van der Waals surface area contributed by atoms with Crippen molar-refractivity contribution >= 4 is 0 Å². The van der Waals surface area contributed by atoms with Gasteiger partial charge in [0.2, 0.25) is 0 Å². The van der Waals surface area contributed by atoms with Crippen molar-refractivity contribution in [3.05, 3.63) is 35.4 Å². The van der Waals surface area contributed by atoms with E-state index in [1.807, 2.05) is 6.92 Å².